The first-order chi connectivity index (χ1) is 13.5. The number of nitrogens with zero attached hydrogens (tertiary/aromatic N) is 3. The fourth-order valence-electron chi connectivity index (χ4n) is 3.11. The molecule has 3 rings (SSSR count). The minimum absolute atomic E-state index is 0.102. The van der Waals surface area contributed by atoms with E-state index in [0.29, 0.717) is 33.8 Å². The Morgan fingerprint density at radius 1 is 1.31 bits per heavy atom. The normalized spacial score (nSPS) is 13.4. The number of carbonyl (C=O) groups is 2. The number of rotatable bonds is 5. The Hall–Kier alpha value is -3.17. The third-order valence-corrected chi connectivity index (χ3v) is 4.25. The Bertz CT molecular complexity index is 976. The highest BCUT2D eigenvalue weighted by atomic mass is 19.4. The van der Waals surface area contributed by atoms with Gasteiger partial charge >= 0.3 is 6.18 Å². The second-order valence-corrected chi connectivity index (χ2v) is 6.85. The van der Waals surface area contributed by atoms with Gasteiger partial charge in [0.05, 0.1) is 12.1 Å². The Balaban J connectivity index is 1.77. The zero-order chi connectivity index (χ0) is 21.3. The Morgan fingerprint density at radius 3 is 2.66 bits per heavy atom. The maximum absolute atomic E-state index is 12.8. The maximum Gasteiger partial charge on any atom is 0.422 e. The molecule has 1 aliphatic rings. The first kappa shape index (κ1) is 20.6. The summed E-state index contributed by atoms with van der Waals surface area (Å²) in [4.78, 5) is 34.0. The number of nitrogens with one attached hydrogen (secondary N) is 1. The fourth-order valence-corrected chi connectivity index (χ4v) is 3.11. The molecule has 0 atom stereocenters. The summed E-state index contributed by atoms with van der Waals surface area (Å²) in [6.45, 7) is 3.72. The van der Waals surface area contributed by atoms with Crippen molar-refractivity contribution in [2.45, 2.75) is 40.0 Å². The van der Waals surface area contributed by atoms with Crippen LogP contribution in [0.4, 0.5) is 19.0 Å². The number of amides is 2. The van der Waals surface area contributed by atoms with Gasteiger partial charge in [0.15, 0.2) is 6.61 Å². The predicted molar refractivity (Wildman–Crippen MR) is 97.4 cm³/mol. The van der Waals surface area contributed by atoms with Crippen LogP contribution in [0.25, 0.3) is 0 Å². The molecule has 0 unspecified atom stereocenters. The number of alkyl halides is 3. The summed E-state index contributed by atoms with van der Waals surface area (Å²) >= 11 is 0. The van der Waals surface area contributed by atoms with E-state index in [-0.39, 0.29) is 30.8 Å². The molecule has 0 spiro atoms. The number of carbonyl (C=O) groups excluding carboxylic acids is 2. The number of halogens is 3. The van der Waals surface area contributed by atoms with Gasteiger partial charge in [0.1, 0.15) is 5.82 Å². The molecule has 154 valence electrons. The van der Waals surface area contributed by atoms with Gasteiger partial charge in [0, 0.05) is 36.5 Å². The molecule has 0 saturated carbocycles. The first-order valence-electron chi connectivity index (χ1n) is 8.76. The van der Waals surface area contributed by atoms with Gasteiger partial charge in [-0.25, -0.2) is 9.97 Å². The standard InChI is InChI=1S/C19H19F3N4O3/c1-10-4-13(6-23-17(10)29-9-19(20,21)22)7-26-8-15-14(18(26)28)5-11(2)24-16(15)25-12(3)27/h4-6H,7-9H2,1-3H3,(H,24,25,27). The molecule has 0 aromatic carbocycles. The van der Waals surface area contributed by atoms with E-state index >= 15 is 0 Å². The van der Waals surface area contributed by atoms with E-state index < -0.39 is 12.8 Å². The van der Waals surface area contributed by atoms with Gasteiger partial charge in [-0.1, -0.05) is 0 Å². The van der Waals surface area contributed by atoms with Crippen molar-refractivity contribution in [3.8, 4) is 5.88 Å². The van der Waals surface area contributed by atoms with E-state index in [9.17, 15) is 22.8 Å². The van der Waals surface area contributed by atoms with Crippen molar-refractivity contribution in [1.82, 2.24) is 14.9 Å². The van der Waals surface area contributed by atoms with Crippen LogP contribution >= 0.6 is 0 Å². The molecule has 0 radical (unpaired) electrons. The molecule has 7 nitrogen and oxygen atoms in total. The SMILES string of the molecule is CC(=O)Nc1nc(C)cc2c1CN(Cc1cnc(OCC(F)(F)F)c(C)c1)C2=O. The van der Waals surface area contributed by atoms with Crippen LogP contribution in [0.1, 0.15) is 39.7 Å². The zero-order valence-corrected chi connectivity index (χ0v) is 16.1. The van der Waals surface area contributed by atoms with Crippen molar-refractivity contribution in [3.63, 3.8) is 0 Å². The van der Waals surface area contributed by atoms with Crippen molar-refractivity contribution >= 4 is 17.6 Å². The molecule has 10 heteroatoms. The molecule has 0 aliphatic carbocycles. The van der Waals surface area contributed by atoms with E-state index in [4.69, 9.17) is 4.74 Å². The molecule has 3 heterocycles. The summed E-state index contributed by atoms with van der Waals surface area (Å²) in [5, 5.41) is 2.64. The molecule has 1 N–H and O–H groups in total. The molecule has 29 heavy (non-hydrogen) atoms. The van der Waals surface area contributed by atoms with Crippen LogP contribution in [0.2, 0.25) is 0 Å². The Labute approximate surface area is 164 Å². The van der Waals surface area contributed by atoms with Crippen LogP contribution < -0.4 is 10.1 Å². The zero-order valence-electron chi connectivity index (χ0n) is 16.1. The number of aromatic nitrogens is 2. The molecular weight excluding hydrogens is 389 g/mol. The van der Waals surface area contributed by atoms with Crippen molar-refractivity contribution in [2.24, 2.45) is 0 Å². The highest BCUT2D eigenvalue weighted by Crippen LogP contribution is 2.30. The monoisotopic (exact) mass is 408 g/mol. The minimum Gasteiger partial charge on any atom is -0.468 e. The van der Waals surface area contributed by atoms with Gasteiger partial charge in [-0.15, -0.1) is 0 Å². The summed E-state index contributed by atoms with van der Waals surface area (Å²) in [5.41, 5.74) is 2.79. The van der Waals surface area contributed by atoms with E-state index in [1.165, 1.54) is 13.1 Å². The summed E-state index contributed by atoms with van der Waals surface area (Å²) in [6, 6.07) is 3.30. The highest BCUT2D eigenvalue weighted by molar-refractivity contribution is 6.01. The van der Waals surface area contributed by atoms with E-state index in [2.05, 4.69) is 15.3 Å². The lowest BCUT2D eigenvalue weighted by atomic mass is 10.1. The fraction of sp³-hybridized carbons (Fsp3) is 0.368. The summed E-state index contributed by atoms with van der Waals surface area (Å²) in [7, 11) is 0. The lowest BCUT2D eigenvalue weighted by Gasteiger charge is -2.17. The highest BCUT2D eigenvalue weighted by Gasteiger charge is 2.31. The third-order valence-electron chi connectivity index (χ3n) is 4.25. The maximum atomic E-state index is 12.8. The van der Waals surface area contributed by atoms with Gasteiger partial charge < -0.3 is 15.0 Å². The summed E-state index contributed by atoms with van der Waals surface area (Å²) in [6.07, 6.45) is -3.06. The molecule has 2 amide bonds. The summed E-state index contributed by atoms with van der Waals surface area (Å²) < 4.78 is 41.6. The van der Waals surface area contributed by atoms with E-state index in [1.807, 2.05) is 0 Å². The van der Waals surface area contributed by atoms with Crippen molar-refractivity contribution in [2.75, 3.05) is 11.9 Å². The summed E-state index contributed by atoms with van der Waals surface area (Å²) in [5.74, 6) is -0.249. The number of aryl methyl sites for hydroxylation is 2. The first-order valence-corrected chi connectivity index (χ1v) is 8.76. The average molecular weight is 408 g/mol. The largest absolute Gasteiger partial charge is 0.468 e. The molecule has 0 bridgehead atoms. The predicted octanol–water partition coefficient (Wildman–Crippen LogP) is 3.15. The van der Waals surface area contributed by atoms with Gasteiger partial charge in [0.25, 0.3) is 5.91 Å². The van der Waals surface area contributed by atoms with Crippen LogP contribution in [0, 0.1) is 13.8 Å². The van der Waals surface area contributed by atoms with Gasteiger partial charge in [-0.2, -0.15) is 13.2 Å². The number of pyridine rings is 2. The van der Waals surface area contributed by atoms with Crippen molar-refractivity contribution in [3.05, 3.63) is 46.3 Å². The van der Waals surface area contributed by atoms with Crippen LogP contribution in [0.5, 0.6) is 5.88 Å². The van der Waals surface area contributed by atoms with Gasteiger partial charge in [-0.05, 0) is 31.5 Å². The Kier molecular flexibility index (Phi) is 5.45. The molecule has 0 saturated heterocycles. The van der Waals surface area contributed by atoms with Crippen LogP contribution in [0.15, 0.2) is 18.3 Å². The lowest BCUT2D eigenvalue weighted by Crippen LogP contribution is -2.23. The lowest BCUT2D eigenvalue weighted by molar-refractivity contribution is -0.154. The number of anilines is 1. The van der Waals surface area contributed by atoms with Gasteiger partial charge in [-0.3, -0.25) is 9.59 Å². The van der Waals surface area contributed by atoms with Crippen molar-refractivity contribution < 1.29 is 27.5 Å². The smallest absolute Gasteiger partial charge is 0.422 e. The molecule has 0 fully saturated rings. The number of hydrogen-bond donors (Lipinski definition) is 1. The van der Waals surface area contributed by atoms with Crippen molar-refractivity contribution in [1.29, 1.82) is 0 Å². The second kappa shape index (κ2) is 7.69. The molecule has 2 aromatic rings. The molecular formula is C19H19F3N4O3. The number of hydrogen-bond acceptors (Lipinski definition) is 5. The third kappa shape index (κ3) is 4.82. The number of fused-ring (bicyclic) bond motifs is 1. The van der Waals surface area contributed by atoms with Crippen LogP contribution in [-0.2, 0) is 17.9 Å². The minimum atomic E-state index is -4.45. The number of ether oxygens (including phenoxy) is 1. The second-order valence-electron chi connectivity index (χ2n) is 6.85. The quantitative estimate of drug-likeness (QED) is 0.822. The van der Waals surface area contributed by atoms with Gasteiger partial charge in [0.2, 0.25) is 11.8 Å². The van der Waals surface area contributed by atoms with E-state index in [0.717, 1.165) is 0 Å². The van der Waals surface area contributed by atoms with Crippen LogP contribution in [-0.4, -0.2) is 39.5 Å². The topological polar surface area (TPSA) is 84.4 Å². The average Bonchev–Trinajstić information content (AvgIpc) is 2.89. The van der Waals surface area contributed by atoms with Crippen LogP contribution in [0.3, 0.4) is 0 Å². The molecule has 2 aromatic heterocycles. The Morgan fingerprint density at radius 2 is 2.03 bits per heavy atom. The molecule has 1 aliphatic heterocycles. The van der Waals surface area contributed by atoms with E-state index in [1.54, 1.807) is 30.9 Å².